The molecule has 3 heterocycles. The maximum atomic E-state index is 14.4. The number of nitrogens with one attached hydrogen (secondary N) is 2. The number of nitrogens with zero attached hydrogens (tertiary/aromatic N) is 4. The van der Waals surface area contributed by atoms with Gasteiger partial charge in [-0.2, -0.15) is 0 Å². The summed E-state index contributed by atoms with van der Waals surface area (Å²) in [7, 11) is 4.10. The monoisotopic (exact) mass is 588 g/mol. The van der Waals surface area contributed by atoms with Crippen molar-refractivity contribution in [3.8, 4) is 0 Å². The van der Waals surface area contributed by atoms with E-state index in [4.69, 9.17) is 4.74 Å². The van der Waals surface area contributed by atoms with Gasteiger partial charge in [0.15, 0.2) is 0 Å². The largest absolute Gasteiger partial charge is 0.444 e. The number of carbonyl (C=O) groups excluding carboxylic acids is 3. The standard InChI is InChI=1S/C33H44N6O4/c1-33(2,3)43-32(42)38-16-14-37(15-17-38)31(41)35-28(19-25-20-34-27-12-8-7-11-26(25)27)30(40)39-22-23(21-36(4)5)18-24-10-6-9-13-29(24)39/h6-13,20,23,28,34H,14-19,21-22H2,1-5H3,(H,35,41)/t23?,28-/m1/s1. The lowest BCUT2D eigenvalue weighted by atomic mass is 9.91. The molecule has 0 saturated carbocycles. The predicted octanol–water partition coefficient (Wildman–Crippen LogP) is 4.11. The number of carbonyl (C=O) groups is 3. The molecule has 2 aliphatic rings. The number of anilines is 1. The zero-order chi connectivity index (χ0) is 30.7. The first-order valence-corrected chi connectivity index (χ1v) is 15.1. The molecule has 2 aliphatic heterocycles. The molecule has 0 radical (unpaired) electrons. The van der Waals surface area contributed by atoms with Gasteiger partial charge in [0.05, 0.1) is 0 Å². The normalized spacial score (nSPS) is 18.0. The maximum absolute atomic E-state index is 14.4. The Labute approximate surface area is 253 Å². The minimum absolute atomic E-state index is 0.123. The fourth-order valence-corrected chi connectivity index (χ4v) is 6.09. The molecule has 1 saturated heterocycles. The van der Waals surface area contributed by atoms with Gasteiger partial charge in [-0.1, -0.05) is 36.4 Å². The third-order valence-corrected chi connectivity index (χ3v) is 8.03. The lowest BCUT2D eigenvalue weighted by Crippen LogP contribution is -2.58. The van der Waals surface area contributed by atoms with Gasteiger partial charge in [-0.25, -0.2) is 9.59 Å². The second-order valence-corrected chi connectivity index (χ2v) is 12.9. The van der Waals surface area contributed by atoms with Crippen LogP contribution in [0.25, 0.3) is 10.9 Å². The minimum Gasteiger partial charge on any atom is -0.444 e. The highest BCUT2D eigenvalue weighted by Crippen LogP contribution is 2.31. The van der Waals surface area contributed by atoms with Crippen molar-refractivity contribution in [2.45, 2.75) is 45.3 Å². The summed E-state index contributed by atoms with van der Waals surface area (Å²) >= 11 is 0. The molecule has 230 valence electrons. The maximum Gasteiger partial charge on any atom is 0.410 e. The Hall–Kier alpha value is -4.05. The van der Waals surface area contributed by atoms with Crippen molar-refractivity contribution in [1.29, 1.82) is 0 Å². The van der Waals surface area contributed by atoms with Gasteiger partial charge in [-0.3, -0.25) is 4.79 Å². The molecule has 1 fully saturated rings. The third kappa shape index (κ3) is 7.30. The first-order valence-electron chi connectivity index (χ1n) is 15.1. The summed E-state index contributed by atoms with van der Waals surface area (Å²) in [4.78, 5) is 51.3. The summed E-state index contributed by atoms with van der Waals surface area (Å²) in [5.41, 5.74) is 3.43. The molecule has 2 aromatic carbocycles. The van der Waals surface area contributed by atoms with Gasteiger partial charge >= 0.3 is 12.1 Å². The van der Waals surface area contributed by atoms with Gasteiger partial charge in [0.2, 0.25) is 5.91 Å². The van der Waals surface area contributed by atoms with E-state index in [1.165, 1.54) is 0 Å². The highest BCUT2D eigenvalue weighted by atomic mass is 16.6. The van der Waals surface area contributed by atoms with Gasteiger partial charge < -0.3 is 34.6 Å². The van der Waals surface area contributed by atoms with E-state index in [9.17, 15) is 14.4 Å². The fourth-order valence-electron chi connectivity index (χ4n) is 6.09. The number of aromatic amines is 1. The minimum atomic E-state index is -0.776. The molecule has 10 nitrogen and oxygen atoms in total. The van der Waals surface area contributed by atoms with Crippen LogP contribution in [0, 0.1) is 5.92 Å². The summed E-state index contributed by atoms with van der Waals surface area (Å²) in [5.74, 6) is 0.154. The molecule has 3 aromatic rings. The van der Waals surface area contributed by atoms with Gasteiger partial charge in [0.1, 0.15) is 11.6 Å². The highest BCUT2D eigenvalue weighted by molar-refractivity contribution is 6.00. The number of urea groups is 1. The van der Waals surface area contributed by atoms with Crippen LogP contribution in [-0.4, -0.2) is 103 Å². The van der Waals surface area contributed by atoms with E-state index < -0.39 is 11.6 Å². The first-order chi connectivity index (χ1) is 20.5. The van der Waals surface area contributed by atoms with Crippen molar-refractivity contribution in [3.63, 3.8) is 0 Å². The van der Waals surface area contributed by atoms with Crippen LogP contribution in [0.15, 0.2) is 54.7 Å². The smallest absolute Gasteiger partial charge is 0.410 e. The summed E-state index contributed by atoms with van der Waals surface area (Å²) in [6, 6.07) is 15.0. The molecule has 1 unspecified atom stereocenters. The lowest BCUT2D eigenvalue weighted by Gasteiger charge is -2.39. The van der Waals surface area contributed by atoms with Gasteiger partial charge in [0, 0.05) is 68.5 Å². The molecule has 43 heavy (non-hydrogen) atoms. The molecule has 0 spiro atoms. The van der Waals surface area contributed by atoms with E-state index in [2.05, 4.69) is 35.4 Å². The van der Waals surface area contributed by atoms with E-state index in [1.807, 2.05) is 74.3 Å². The number of amides is 4. The number of fused-ring (bicyclic) bond motifs is 2. The number of aromatic nitrogens is 1. The number of benzene rings is 2. The van der Waals surface area contributed by atoms with Gasteiger partial charge in [-0.05, 0) is 70.5 Å². The topological polar surface area (TPSA) is 101 Å². The number of ether oxygens (including phenoxy) is 1. The molecular formula is C33H44N6O4. The van der Waals surface area contributed by atoms with E-state index in [0.29, 0.717) is 39.1 Å². The zero-order valence-corrected chi connectivity index (χ0v) is 25.9. The van der Waals surface area contributed by atoms with Crippen LogP contribution in [0.4, 0.5) is 15.3 Å². The fraction of sp³-hybridized carbons (Fsp3) is 0.485. The molecular weight excluding hydrogens is 544 g/mol. The van der Waals surface area contributed by atoms with E-state index in [1.54, 1.807) is 9.80 Å². The van der Waals surface area contributed by atoms with Crippen molar-refractivity contribution in [2.24, 2.45) is 5.92 Å². The average molecular weight is 589 g/mol. The molecule has 10 heteroatoms. The summed E-state index contributed by atoms with van der Waals surface area (Å²) in [5, 5.41) is 4.12. The summed E-state index contributed by atoms with van der Waals surface area (Å²) in [6.45, 7) is 8.41. The van der Waals surface area contributed by atoms with Crippen LogP contribution in [0.5, 0.6) is 0 Å². The van der Waals surface area contributed by atoms with Crippen molar-refractivity contribution in [2.75, 3.05) is 58.3 Å². The summed E-state index contributed by atoms with van der Waals surface area (Å²) in [6.07, 6.45) is 2.80. The van der Waals surface area contributed by atoms with Crippen molar-refractivity contribution in [3.05, 3.63) is 65.9 Å². The lowest BCUT2D eigenvalue weighted by molar-refractivity contribution is -0.120. The molecule has 5 rings (SSSR count). The Morgan fingerprint density at radius 1 is 1.00 bits per heavy atom. The Kier molecular flexibility index (Phi) is 8.96. The van der Waals surface area contributed by atoms with Crippen molar-refractivity contribution >= 4 is 34.6 Å². The number of H-pyrrole nitrogens is 1. The predicted molar refractivity (Wildman–Crippen MR) is 168 cm³/mol. The number of hydrogen-bond acceptors (Lipinski definition) is 5. The van der Waals surface area contributed by atoms with Crippen molar-refractivity contribution in [1.82, 2.24) is 25.0 Å². The highest BCUT2D eigenvalue weighted by Gasteiger charge is 2.35. The van der Waals surface area contributed by atoms with Crippen LogP contribution in [0.3, 0.4) is 0 Å². The van der Waals surface area contributed by atoms with Gasteiger partial charge in [-0.15, -0.1) is 0 Å². The number of rotatable bonds is 6. The molecule has 2 N–H and O–H groups in total. The summed E-state index contributed by atoms with van der Waals surface area (Å²) < 4.78 is 5.50. The van der Waals surface area contributed by atoms with E-state index in [0.717, 1.165) is 40.7 Å². The van der Waals surface area contributed by atoms with Crippen molar-refractivity contribution < 1.29 is 19.1 Å². The second-order valence-electron chi connectivity index (χ2n) is 12.9. The Morgan fingerprint density at radius 2 is 1.67 bits per heavy atom. The van der Waals surface area contributed by atoms with Crippen LogP contribution in [0.2, 0.25) is 0 Å². The van der Waals surface area contributed by atoms with E-state index >= 15 is 0 Å². The zero-order valence-electron chi connectivity index (χ0n) is 25.9. The van der Waals surface area contributed by atoms with Gasteiger partial charge in [0.25, 0.3) is 0 Å². The molecule has 0 aliphatic carbocycles. The van der Waals surface area contributed by atoms with Crippen LogP contribution >= 0.6 is 0 Å². The molecule has 0 bridgehead atoms. The Balaban J connectivity index is 1.36. The number of hydrogen-bond donors (Lipinski definition) is 2. The molecule has 2 atom stereocenters. The second kappa shape index (κ2) is 12.7. The Bertz CT molecular complexity index is 1450. The first kappa shape index (κ1) is 30.4. The van der Waals surface area contributed by atoms with E-state index in [-0.39, 0.29) is 23.9 Å². The third-order valence-electron chi connectivity index (χ3n) is 8.03. The SMILES string of the molecule is CN(C)CC1Cc2ccccc2N(C(=O)[C@@H](Cc2c[nH]c3ccccc23)NC(=O)N2CCN(C(=O)OC(C)(C)C)CC2)C1. The van der Waals surface area contributed by atoms with Crippen LogP contribution in [-0.2, 0) is 22.4 Å². The average Bonchev–Trinajstić information content (AvgIpc) is 3.37. The number of piperazine rings is 1. The number of para-hydroxylation sites is 2. The Morgan fingerprint density at radius 3 is 2.40 bits per heavy atom. The quantitative estimate of drug-likeness (QED) is 0.452. The van der Waals surface area contributed by atoms with Crippen LogP contribution < -0.4 is 10.2 Å². The molecule has 4 amide bonds. The van der Waals surface area contributed by atoms with Crippen LogP contribution in [0.1, 0.15) is 31.9 Å². The molecule has 1 aromatic heterocycles.